The van der Waals surface area contributed by atoms with Gasteiger partial charge in [0, 0.05) is 29.9 Å². The highest BCUT2D eigenvalue weighted by atomic mass is 16.6. The molecule has 2 N–H and O–H groups in total. The number of ether oxygens (including phenoxy) is 2. The largest absolute Gasteiger partial charge is 0.491 e. The number of aromatic amines is 1. The molecule has 0 saturated heterocycles. The Morgan fingerprint density at radius 3 is 2.35 bits per heavy atom. The van der Waals surface area contributed by atoms with Gasteiger partial charge in [-0.25, -0.2) is 4.79 Å². The molecular weight excluding hydrogens is 538 g/mol. The molecule has 0 saturated carbocycles. The summed E-state index contributed by atoms with van der Waals surface area (Å²) in [5.41, 5.74) is 3.80. The van der Waals surface area contributed by atoms with Crippen molar-refractivity contribution in [2.45, 2.75) is 78.2 Å². The molecule has 3 aromatic carbocycles. The van der Waals surface area contributed by atoms with Gasteiger partial charge in [0.05, 0.1) is 18.7 Å². The van der Waals surface area contributed by atoms with Gasteiger partial charge in [0.15, 0.2) is 5.82 Å². The number of hydrogen-bond acceptors (Lipinski definition) is 5. The molecule has 5 aromatic rings. The number of fused-ring (bicyclic) bond motifs is 1. The molecule has 0 aliphatic carbocycles. The first kappa shape index (κ1) is 29.9. The molecule has 0 bridgehead atoms. The quantitative estimate of drug-likeness (QED) is 0.173. The second-order valence-electron chi connectivity index (χ2n) is 12.1. The summed E-state index contributed by atoms with van der Waals surface area (Å²) in [6, 6.07) is 26.2. The van der Waals surface area contributed by atoms with Crippen LogP contribution in [0.2, 0.25) is 0 Å². The van der Waals surface area contributed by atoms with Crippen molar-refractivity contribution in [3.8, 4) is 5.75 Å². The zero-order valence-electron chi connectivity index (χ0n) is 25.6. The van der Waals surface area contributed by atoms with E-state index in [0.29, 0.717) is 25.2 Å². The number of nitrogens with zero attached hydrogens (tertiary/aromatic N) is 3. The van der Waals surface area contributed by atoms with Gasteiger partial charge in [-0.05, 0) is 75.9 Å². The molecule has 0 spiro atoms. The third-order valence-electron chi connectivity index (χ3n) is 7.07. The first-order chi connectivity index (χ1) is 20.6. The number of carbonyl (C=O) groups excluding carboxylic acids is 1. The van der Waals surface area contributed by atoms with Gasteiger partial charge in [0.25, 0.3) is 0 Å². The molecule has 2 aromatic heterocycles. The average Bonchev–Trinajstić information content (AvgIpc) is 3.56. The summed E-state index contributed by atoms with van der Waals surface area (Å²) in [6.07, 6.45) is 3.65. The van der Waals surface area contributed by atoms with Crippen molar-refractivity contribution in [3.05, 3.63) is 113 Å². The number of H-pyrrole nitrogens is 1. The van der Waals surface area contributed by atoms with E-state index in [1.807, 2.05) is 89.3 Å². The first-order valence-corrected chi connectivity index (χ1v) is 14.9. The lowest BCUT2D eigenvalue weighted by atomic mass is 10.0. The van der Waals surface area contributed by atoms with E-state index in [2.05, 4.69) is 50.3 Å². The van der Waals surface area contributed by atoms with Gasteiger partial charge in [-0.2, -0.15) is 0 Å². The van der Waals surface area contributed by atoms with Crippen molar-refractivity contribution in [2.75, 3.05) is 0 Å². The predicted octanol–water partition coefficient (Wildman–Crippen LogP) is 7.19. The fourth-order valence-electron chi connectivity index (χ4n) is 5.17. The second-order valence-corrected chi connectivity index (χ2v) is 12.1. The number of alkyl carbamates (subject to hydrolysis) is 1. The number of benzene rings is 3. The van der Waals surface area contributed by atoms with Crippen molar-refractivity contribution in [1.29, 1.82) is 0 Å². The normalized spacial score (nSPS) is 12.4. The molecular formula is C35H41N5O3. The van der Waals surface area contributed by atoms with Crippen LogP contribution in [0.4, 0.5) is 4.79 Å². The minimum absolute atomic E-state index is 0.101. The Balaban J connectivity index is 1.51. The molecule has 224 valence electrons. The van der Waals surface area contributed by atoms with E-state index in [9.17, 15) is 4.79 Å². The zero-order valence-corrected chi connectivity index (χ0v) is 25.6. The maximum Gasteiger partial charge on any atom is 0.408 e. The van der Waals surface area contributed by atoms with Crippen molar-refractivity contribution < 1.29 is 14.3 Å². The van der Waals surface area contributed by atoms with Crippen LogP contribution < -0.4 is 10.1 Å². The van der Waals surface area contributed by atoms with Gasteiger partial charge >= 0.3 is 6.09 Å². The van der Waals surface area contributed by atoms with E-state index < -0.39 is 17.7 Å². The number of aryl methyl sites for hydroxylation is 2. The van der Waals surface area contributed by atoms with E-state index in [4.69, 9.17) is 14.6 Å². The minimum Gasteiger partial charge on any atom is -0.491 e. The molecule has 2 heterocycles. The van der Waals surface area contributed by atoms with Crippen LogP contribution in [0.15, 0.2) is 85.1 Å². The molecule has 1 amide bonds. The topological polar surface area (TPSA) is 94.1 Å². The van der Waals surface area contributed by atoms with Crippen LogP contribution in [-0.4, -0.2) is 37.5 Å². The first-order valence-electron chi connectivity index (χ1n) is 14.9. The van der Waals surface area contributed by atoms with Crippen LogP contribution >= 0.6 is 0 Å². The van der Waals surface area contributed by atoms with Crippen LogP contribution in [0.3, 0.4) is 0 Å². The molecule has 0 aliphatic heterocycles. The number of nitrogens with one attached hydrogen (secondary N) is 2. The maximum atomic E-state index is 13.1. The molecule has 43 heavy (non-hydrogen) atoms. The summed E-state index contributed by atoms with van der Waals surface area (Å²) in [5.74, 6) is 2.37. The molecule has 0 unspecified atom stereocenters. The molecule has 1 atom stereocenters. The van der Waals surface area contributed by atoms with Crippen molar-refractivity contribution in [1.82, 2.24) is 25.1 Å². The van der Waals surface area contributed by atoms with Crippen LogP contribution in [0.25, 0.3) is 10.9 Å². The summed E-state index contributed by atoms with van der Waals surface area (Å²) >= 11 is 0. The Bertz CT molecular complexity index is 1630. The van der Waals surface area contributed by atoms with Gasteiger partial charge < -0.3 is 24.3 Å². The molecule has 0 aliphatic rings. The standard InChI is InChI=1S/C35H41N5O3/c1-24(2)42-28-18-15-26(16-19-28)23-40-32(20-17-25-11-7-6-8-12-25)38-39-33(40)31(37-34(41)43-35(3,4)5)21-27-22-36-30-14-10-9-13-29(27)30/h6-16,18-19,22,24,31,36H,17,20-21,23H2,1-5H3,(H,37,41)/t31-/m1/s1. The summed E-state index contributed by atoms with van der Waals surface area (Å²) < 4.78 is 13.7. The van der Waals surface area contributed by atoms with Crippen LogP contribution in [0.5, 0.6) is 5.75 Å². The van der Waals surface area contributed by atoms with Gasteiger partial charge in [-0.1, -0.05) is 60.7 Å². The number of hydrogen-bond donors (Lipinski definition) is 2. The summed E-state index contributed by atoms with van der Waals surface area (Å²) in [5, 5.41) is 13.6. The maximum absolute atomic E-state index is 13.1. The number of rotatable bonds is 11. The van der Waals surface area contributed by atoms with E-state index in [1.165, 1.54) is 5.56 Å². The highest BCUT2D eigenvalue weighted by molar-refractivity contribution is 5.83. The van der Waals surface area contributed by atoms with Crippen LogP contribution in [-0.2, 0) is 30.5 Å². The summed E-state index contributed by atoms with van der Waals surface area (Å²) in [6.45, 7) is 10.2. The minimum atomic E-state index is -0.635. The Hall–Kier alpha value is -4.59. The number of amides is 1. The Morgan fingerprint density at radius 1 is 0.907 bits per heavy atom. The van der Waals surface area contributed by atoms with Crippen molar-refractivity contribution in [2.24, 2.45) is 0 Å². The number of aromatic nitrogens is 4. The molecule has 8 heteroatoms. The molecule has 0 radical (unpaired) electrons. The van der Waals surface area contributed by atoms with Crippen molar-refractivity contribution >= 4 is 17.0 Å². The SMILES string of the molecule is CC(C)Oc1ccc(Cn2c(CCc3ccccc3)nnc2[C@@H](Cc2c[nH]c3ccccc23)NC(=O)OC(C)(C)C)cc1. The second kappa shape index (κ2) is 13.2. The van der Waals surface area contributed by atoms with Gasteiger partial charge in [-0.15, -0.1) is 10.2 Å². The van der Waals surface area contributed by atoms with E-state index >= 15 is 0 Å². The molecule has 8 nitrogen and oxygen atoms in total. The number of para-hydroxylation sites is 1. The average molecular weight is 580 g/mol. The lowest BCUT2D eigenvalue weighted by Crippen LogP contribution is -2.37. The van der Waals surface area contributed by atoms with E-state index in [1.54, 1.807) is 0 Å². The third kappa shape index (κ3) is 8.03. The molecule has 5 rings (SSSR count). The van der Waals surface area contributed by atoms with Gasteiger partial charge in [-0.3, -0.25) is 0 Å². The fourth-order valence-corrected chi connectivity index (χ4v) is 5.17. The van der Waals surface area contributed by atoms with Gasteiger partial charge in [0.2, 0.25) is 0 Å². The lowest BCUT2D eigenvalue weighted by molar-refractivity contribution is 0.0500. The monoisotopic (exact) mass is 579 g/mol. The highest BCUT2D eigenvalue weighted by Crippen LogP contribution is 2.26. The molecule has 0 fully saturated rings. The Morgan fingerprint density at radius 2 is 1.63 bits per heavy atom. The van der Waals surface area contributed by atoms with Crippen molar-refractivity contribution in [3.63, 3.8) is 0 Å². The fraction of sp³-hybridized carbons (Fsp3) is 0.343. The Kier molecular flexibility index (Phi) is 9.14. The van der Waals surface area contributed by atoms with Gasteiger partial charge in [0.1, 0.15) is 17.2 Å². The lowest BCUT2D eigenvalue weighted by Gasteiger charge is -2.24. The van der Waals surface area contributed by atoms with Crippen LogP contribution in [0, 0.1) is 0 Å². The Labute approximate surface area is 253 Å². The summed E-state index contributed by atoms with van der Waals surface area (Å²) in [7, 11) is 0. The summed E-state index contributed by atoms with van der Waals surface area (Å²) in [4.78, 5) is 16.5. The van der Waals surface area contributed by atoms with Crippen LogP contribution in [0.1, 0.15) is 69.0 Å². The third-order valence-corrected chi connectivity index (χ3v) is 7.07. The highest BCUT2D eigenvalue weighted by Gasteiger charge is 2.27. The zero-order chi connectivity index (χ0) is 30.4. The van der Waals surface area contributed by atoms with E-state index in [0.717, 1.165) is 40.0 Å². The predicted molar refractivity (Wildman–Crippen MR) is 169 cm³/mol. The van der Waals surface area contributed by atoms with E-state index in [-0.39, 0.29) is 6.10 Å². The number of carbonyl (C=O) groups is 1. The smallest absolute Gasteiger partial charge is 0.408 e.